The fourth-order valence-corrected chi connectivity index (χ4v) is 2.80. The Morgan fingerprint density at radius 1 is 1.46 bits per heavy atom. The number of ether oxygens (including phenoxy) is 2. The third kappa shape index (κ3) is 5.76. The molecule has 6 nitrogen and oxygen atoms in total. The zero-order valence-corrected chi connectivity index (χ0v) is 15.0. The van der Waals surface area contributed by atoms with Gasteiger partial charge in [0.1, 0.15) is 11.4 Å². The first-order valence-corrected chi connectivity index (χ1v) is 8.43. The van der Waals surface area contributed by atoms with Crippen LogP contribution in [0.4, 0.5) is 5.82 Å². The predicted molar refractivity (Wildman–Crippen MR) is 92.1 cm³/mol. The van der Waals surface area contributed by atoms with E-state index in [4.69, 9.17) is 9.47 Å². The highest BCUT2D eigenvalue weighted by Crippen LogP contribution is 2.26. The molecule has 6 heteroatoms. The van der Waals surface area contributed by atoms with Crippen LogP contribution in [0.3, 0.4) is 0 Å². The Hall–Kier alpha value is -1.66. The van der Waals surface area contributed by atoms with Crippen LogP contribution in [0.2, 0.25) is 0 Å². The molecule has 134 valence electrons. The third-order valence-electron chi connectivity index (χ3n) is 3.90. The van der Waals surface area contributed by atoms with Crippen molar-refractivity contribution in [1.29, 1.82) is 0 Å². The van der Waals surface area contributed by atoms with Gasteiger partial charge in [0.25, 0.3) is 0 Å². The monoisotopic (exact) mass is 336 g/mol. The van der Waals surface area contributed by atoms with Crippen molar-refractivity contribution in [2.24, 2.45) is 0 Å². The van der Waals surface area contributed by atoms with Crippen molar-refractivity contribution in [2.45, 2.75) is 64.2 Å². The van der Waals surface area contributed by atoms with Crippen molar-refractivity contribution >= 4 is 11.8 Å². The van der Waals surface area contributed by atoms with Gasteiger partial charge in [0.05, 0.1) is 11.2 Å². The second-order valence-electron chi connectivity index (χ2n) is 7.52. The molecule has 0 radical (unpaired) electrons. The zero-order chi connectivity index (χ0) is 17.8. The molecule has 1 atom stereocenters. The molecule has 0 saturated carbocycles. The van der Waals surface area contributed by atoms with Gasteiger partial charge in [0.15, 0.2) is 0 Å². The first kappa shape index (κ1) is 18.7. The highest BCUT2D eigenvalue weighted by molar-refractivity contribution is 5.90. The van der Waals surface area contributed by atoms with Crippen LogP contribution in [0.1, 0.15) is 57.3 Å². The number of esters is 1. The van der Waals surface area contributed by atoms with E-state index in [-0.39, 0.29) is 12.0 Å². The highest BCUT2D eigenvalue weighted by atomic mass is 16.6. The van der Waals surface area contributed by atoms with Crippen LogP contribution >= 0.6 is 0 Å². The Morgan fingerprint density at radius 3 is 2.75 bits per heavy atom. The number of hydrogen-bond acceptors (Lipinski definition) is 6. The standard InChI is InChI=1S/C18H28N2O4/c1-13(12-18(22)6-9-23-10-7-18)20-15-11-14(5-8-19-15)16(21)24-17(2,3)4/h5,8,11,13,22H,6-7,9-10,12H2,1-4H3,(H,19,20). The zero-order valence-electron chi connectivity index (χ0n) is 15.0. The maximum Gasteiger partial charge on any atom is 0.338 e. The first-order valence-electron chi connectivity index (χ1n) is 8.43. The van der Waals surface area contributed by atoms with Crippen LogP contribution in [0, 0.1) is 0 Å². The SMILES string of the molecule is CC(CC1(O)CCOCC1)Nc1cc(C(=O)OC(C)(C)C)ccn1. The number of carbonyl (C=O) groups is 1. The molecular weight excluding hydrogens is 308 g/mol. The lowest BCUT2D eigenvalue weighted by molar-refractivity contribution is -0.0694. The smallest absolute Gasteiger partial charge is 0.338 e. The summed E-state index contributed by atoms with van der Waals surface area (Å²) in [5.74, 6) is 0.227. The number of pyridine rings is 1. The minimum Gasteiger partial charge on any atom is -0.456 e. The van der Waals surface area contributed by atoms with Gasteiger partial charge in [0, 0.05) is 25.5 Å². The molecule has 0 aromatic carbocycles. The average Bonchev–Trinajstić information content (AvgIpc) is 2.45. The van der Waals surface area contributed by atoms with Crippen LogP contribution in [0.5, 0.6) is 0 Å². The summed E-state index contributed by atoms with van der Waals surface area (Å²) in [7, 11) is 0. The summed E-state index contributed by atoms with van der Waals surface area (Å²) in [6.45, 7) is 8.69. The van der Waals surface area contributed by atoms with E-state index in [0.29, 0.717) is 43.9 Å². The molecular formula is C18H28N2O4. The number of anilines is 1. The number of rotatable bonds is 5. The maximum atomic E-state index is 12.1. The van der Waals surface area contributed by atoms with E-state index in [1.54, 1.807) is 18.3 Å². The van der Waals surface area contributed by atoms with Crippen LogP contribution in [-0.4, -0.2) is 46.5 Å². The van der Waals surface area contributed by atoms with E-state index >= 15 is 0 Å². The van der Waals surface area contributed by atoms with Gasteiger partial charge >= 0.3 is 5.97 Å². The van der Waals surface area contributed by atoms with Crippen molar-refractivity contribution in [2.75, 3.05) is 18.5 Å². The summed E-state index contributed by atoms with van der Waals surface area (Å²) in [4.78, 5) is 16.4. The third-order valence-corrected chi connectivity index (χ3v) is 3.90. The van der Waals surface area contributed by atoms with E-state index < -0.39 is 11.2 Å². The largest absolute Gasteiger partial charge is 0.456 e. The van der Waals surface area contributed by atoms with Gasteiger partial charge in [-0.05, 0) is 59.1 Å². The maximum absolute atomic E-state index is 12.1. The molecule has 1 aromatic heterocycles. The molecule has 1 aliphatic heterocycles. The van der Waals surface area contributed by atoms with Gasteiger partial charge < -0.3 is 19.9 Å². The summed E-state index contributed by atoms with van der Waals surface area (Å²) < 4.78 is 10.7. The Kier molecular flexibility index (Phi) is 5.83. The van der Waals surface area contributed by atoms with Crippen LogP contribution in [-0.2, 0) is 9.47 Å². The summed E-state index contributed by atoms with van der Waals surface area (Å²) in [6.07, 6.45) is 3.47. The Morgan fingerprint density at radius 2 is 2.12 bits per heavy atom. The second kappa shape index (κ2) is 7.49. The normalized spacial score (nSPS) is 18.7. The average molecular weight is 336 g/mol. The molecule has 0 amide bonds. The number of nitrogens with one attached hydrogen (secondary N) is 1. The topological polar surface area (TPSA) is 80.7 Å². The molecule has 24 heavy (non-hydrogen) atoms. The van der Waals surface area contributed by atoms with E-state index in [9.17, 15) is 9.90 Å². The first-order chi connectivity index (χ1) is 11.2. The van der Waals surface area contributed by atoms with Gasteiger partial charge in [-0.25, -0.2) is 9.78 Å². The van der Waals surface area contributed by atoms with Gasteiger partial charge in [-0.3, -0.25) is 0 Å². The molecule has 1 saturated heterocycles. The number of hydrogen-bond donors (Lipinski definition) is 2. The number of carbonyl (C=O) groups excluding carboxylic acids is 1. The molecule has 1 aliphatic rings. The van der Waals surface area contributed by atoms with Gasteiger partial charge in [-0.2, -0.15) is 0 Å². The molecule has 1 fully saturated rings. The van der Waals surface area contributed by atoms with Crippen molar-refractivity contribution in [1.82, 2.24) is 4.98 Å². The van der Waals surface area contributed by atoms with E-state index in [2.05, 4.69) is 10.3 Å². The summed E-state index contributed by atoms with van der Waals surface area (Å²) in [6, 6.07) is 3.34. The van der Waals surface area contributed by atoms with E-state index in [1.165, 1.54) is 0 Å². The number of aromatic nitrogens is 1. The molecule has 1 unspecified atom stereocenters. The summed E-state index contributed by atoms with van der Waals surface area (Å²) >= 11 is 0. The Bertz CT molecular complexity index is 562. The predicted octanol–water partition coefficient (Wildman–Crippen LogP) is 2.77. The molecule has 1 aromatic rings. The van der Waals surface area contributed by atoms with Crippen molar-refractivity contribution in [3.8, 4) is 0 Å². The van der Waals surface area contributed by atoms with Crippen molar-refractivity contribution < 1.29 is 19.4 Å². The lowest BCUT2D eigenvalue weighted by atomic mass is 9.88. The van der Waals surface area contributed by atoms with Crippen molar-refractivity contribution in [3.05, 3.63) is 23.9 Å². The van der Waals surface area contributed by atoms with Gasteiger partial charge in [-0.1, -0.05) is 0 Å². The van der Waals surface area contributed by atoms with Gasteiger partial charge in [0.2, 0.25) is 0 Å². The van der Waals surface area contributed by atoms with Gasteiger partial charge in [-0.15, -0.1) is 0 Å². The number of aliphatic hydroxyl groups is 1. The molecule has 2 N–H and O–H groups in total. The fraction of sp³-hybridized carbons (Fsp3) is 0.667. The molecule has 0 aliphatic carbocycles. The lowest BCUT2D eigenvalue weighted by Gasteiger charge is -2.34. The summed E-state index contributed by atoms with van der Waals surface area (Å²) in [5, 5.41) is 13.8. The summed E-state index contributed by atoms with van der Waals surface area (Å²) in [5.41, 5.74) is -0.777. The lowest BCUT2D eigenvalue weighted by Crippen LogP contribution is -2.40. The highest BCUT2D eigenvalue weighted by Gasteiger charge is 2.31. The van der Waals surface area contributed by atoms with E-state index in [0.717, 1.165) is 0 Å². The van der Waals surface area contributed by atoms with Crippen LogP contribution in [0.15, 0.2) is 18.3 Å². The van der Waals surface area contributed by atoms with Crippen LogP contribution in [0.25, 0.3) is 0 Å². The Balaban J connectivity index is 1.97. The Labute approximate surface area is 143 Å². The molecule has 0 spiro atoms. The number of nitrogens with zero attached hydrogens (tertiary/aromatic N) is 1. The molecule has 2 rings (SSSR count). The van der Waals surface area contributed by atoms with Crippen molar-refractivity contribution in [3.63, 3.8) is 0 Å². The molecule has 0 bridgehead atoms. The second-order valence-corrected chi connectivity index (χ2v) is 7.52. The molecule has 2 heterocycles. The fourth-order valence-electron chi connectivity index (χ4n) is 2.80. The van der Waals surface area contributed by atoms with E-state index in [1.807, 2.05) is 27.7 Å². The minimum absolute atomic E-state index is 0.0227. The van der Waals surface area contributed by atoms with Crippen LogP contribution < -0.4 is 5.32 Å². The minimum atomic E-state index is -0.701. The quantitative estimate of drug-likeness (QED) is 0.805.